The maximum absolute atomic E-state index is 12.0. The summed E-state index contributed by atoms with van der Waals surface area (Å²) in [6, 6.07) is 9.66. The van der Waals surface area contributed by atoms with Crippen LogP contribution in [0, 0.1) is 13.8 Å². The van der Waals surface area contributed by atoms with Crippen molar-refractivity contribution in [2.75, 3.05) is 12.0 Å². The summed E-state index contributed by atoms with van der Waals surface area (Å²) in [6.45, 7) is 7.93. The molecule has 24 heavy (non-hydrogen) atoms. The number of anilines is 1. The Morgan fingerprint density at radius 2 is 1.88 bits per heavy atom. The molecule has 2 aromatic rings. The van der Waals surface area contributed by atoms with Crippen LogP contribution in [0.3, 0.4) is 0 Å². The number of nitrogens with zero attached hydrogens (tertiary/aromatic N) is 2. The minimum Gasteiger partial charge on any atom is -0.483 e. The summed E-state index contributed by atoms with van der Waals surface area (Å²) in [7, 11) is 0. The van der Waals surface area contributed by atoms with E-state index in [1.807, 2.05) is 44.2 Å². The quantitative estimate of drug-likeness (QED) is 0.764. The highest BCUT2D eigenvalue weighted by Crippen LogP contribution is 2.28. The predicted molar refractivity (Wildman–Crippen MR) is 93.9 cm³/mol. The minimum atomic E-state index is -0.295. The largest absolute Gasteiger partial charge is 0.483 e. The number of hydrogen-bond donors (Lipinski definition) is 2. The van der Waals surface area contributed by atoms with Gasteiger partial charge in [0.15, 0.2) is 6.61 Å². The molecule has 0 saturated heterocycles. The summed E-state index contributed by atoms with van der Waals surface area (Å²) in [4.78, 5) is 20.3. The lowest BCUT2D eigenvalue weighted by Gasteiger charge is -2.15. The Bertz CT molecular complexity index is 683. The summed E-state index contributed by atoms with van der Waals surface area (Å²) in [5.41, 5.74) is 8.03. The zero-order valence-corrected chi connectivity index (χ0v) is 14.6. The Morgan fingerprint density at radius 1 is 1.21 bits per heavy atom. The summed E-state index contributed by atoms with van der Waals surface area (Å²) >= 11 is 0. The molecule has 0 unspecified atom stereocenters. The number of carbonyl (C=O) groups is 1. The van der Waals surface area contributed by atoms with E-state index in [2.05, 4.69) is 34.7 Å². The van der Waals surface area contributed by atoms with Gasteiger partial charge in [0.2, 0.25) is 5.95 Å². The molecule has 2 N–H and O–H groups in total. The Labute approximate surface area is 142 Å². The van der Waals surface area contributed by atoms with Crippen molar-refractivity contribution < 1.29 is 9.53 Å². The Balaban J connectivity index is 1.90. The van der Waals surface area contributed by atoms with Crippen LogP contribution in [0.5, 0.6) is 5.75 Å². The maximum Gasteiger partial charge on any atom is 0.276 e. The smallest absolute Gasteiger partial charge is 0.276 e. The van der Waals surface area contributed by atoms with Crippen molar-refractivity contribution in [3.05, 3.63) is 47.3 Å². The molecule has 0 aliphatic rings. The van der Waals surface area contributed by atoms with Gasteiger partial charge < -0.3 is 4.74 Å². The molecule has 0 radical (unpaired) electrons. The Hall–Kier alpha value is -2.63. The lowest BCUT2D eigenvalue weighted by Crippen LogP contribution is -2.34. The summed E-state index contributed by atoms with van der Waals surface area (Å²) in [5.74, 6) is 1.19. The van der Waals surface area contributed by atoms with E-state index in [1.54, 1.807) is 0 Å². The van der Waals surface area contributed by atoms with Crippen LogP contribution in [0.2, 0.25) is 0 Å². The maximum atomic E-state index is 12.0. The second-order valence-corrected chi connectivity index (χ2v) is 5.78. The van der Waals surface area contributed by atoms with Gasteiger partial charge in [-0.05, 0) is 43.9 Å². The van der Waals surface area contributed by atoms with Gasteiger partial charge in [-0.3, -0.25) is 15.6 Å². The molecule has 6 heteroatoms. The van der Waals surface area contributed by atoms with E-state index in [1.165, 1.54) is 0 Å². The zero-order valence-electron chi connectivity index (χ0n) is 14.6. The number of para-hydroxylation sites is 1. The number of ether oxygens (including phenoxy) is 1. The molecule has 1 heterocycles. The second-order valence-electron chi connectivity index (χ2n) is 5.78. The van der Waals surface area contributed by atoms with Crippen LogP contribution in [0.4, 0.5) is 5.95 Å². The van der Waals surface area contributed by atoms with E-state index in [9.17, 15) is 4.79 Å². The van der Waals surface area contributed by atoms with Crippen molar-refractivity contribution in [1.82, 2.24) is 15.4 Å². The monoisotopic (exact) mass is 328 g/mol. The molecule has 0 fully saturated rings. The molecule has 6 nitrogen and oxygen atoms in total. The van der Waals surface area contributed by atoms with Crippen molar-refractivity contribution >= 4 is 11.9 Å². The van der Waals surface area contributed by atoms with Crippen LogP contribution < -0.4 is 15.6 Å². The SMILES string of the molecule is CC[C@@H](C)c1ccccc1OCC(=O)NNc1nc(C)cc(C)n1. The average Bonchev–Trinajstić information content (AvgIpc) is 2.57. The summed E-state index contributed by atoms with van der Waals surface area (Å²) < 4.78 is 5.66. The predicted octanol–water partition coefficient (Wildman–Crippen LogP) is 3.13. The fourth-order valence-electron chi connectivity index (χ4n) is 2.33. The third-order valence-electron chi connectivity index (χ3n) is 3.72. The van der Waals surface area contributed by atoms with Gasteiger partial charge in [-0.2, -0.15) is 0 Å². The van der Waals surface area contributed by atoms with Crippen molar-refractivity contribution in [1.29, 1.82) is 0 Å². The number of aryl methyl sites for hydroxylation is 2. The molecule has 0 aliphatic carbocycles. The van der Waals surface area contributed by atoms with Crippen LogP contribution >= 0.6 is 0 Å². The van der Waals surface area contributed by atoms with Crippen LogP contribution in [-0.2, 0) is 4.79 Å². The van der Waals surface area contributed by atoms with Gasteiger partial charge >= 0.3 is 0 Å². The van der Waals surface area contributed by atoms with Crippen LogP contribution in [0.15, 0.2) is 30.3 Å². The number of hydrogen-bond acceptors (Lipinski definition) is 5. The first-order chi connectivity index (χ1) is 11.5. The number of hydrazine groups is 1. The number of aromatic nitrogens is 2. The van der Waals surface area contributed by atoms with Gasteiger partial charge in [-0.25, -0.2) is 9.97 Å². The van der Waals surface area contributed by atoms with Gasteiger partial charge in [-0.15, -0.1) is 0 Å². The van der Waals surface area contributed by atoms with Crippen molar-refractivity contribution in [3.8, 4) is 5.75 Å². The van der Waals surface area contributed by atoms with E-state index < -0.39 is 0 Å². The second kappa shape index (κ2) is 8.29. The molecule has 0 bridgehead atoms. The number of benzene rings is 1. The first kappa shape index (κ1) is 17.7. The highest BCUT2D eigenvalue weighted by atomic mass is 16.5. The molecule has 128 valence electrons. The molecule has 0 saturated carbocycles. The first-order valence-corrected chi connectivity index (χ1v) is 8.08. The number of carbonyl (C=O) groups excluding carboxylic acids is 1. The van der Waals surface area contributed by atoms with E-state index in [4.69, 9.17) is 4.74 Å². The van der Waals surface area contributed by atoms with Gasteiger partial charge in [0.05, 0.1) is 0 Å². The van der Waals surface area contributed by atoms with E-state index in [-0.39, 0.29) is 12.5 Å². The molecule has 0 spiro atoms. The highest BCUT2D eigenvalue weighted by Gasteiger charge is 2.11. The van der Waals surface area contributed by atoms with Gasteiger partial charge in [-0.1, -0.05) is 32.0 Å². The summed E-state index contributed by atoms with van der Waals surface area (Å²) in [6.07, 6.45) is 1.01. The highest BCUT2D eigenvalue weighted by molar-refractivity contribution is 5.78. The first-order valence-electron chi connectivity index (χ1n) is 8.08. The average molecular weight is 328 g/mol. The fourth-order valence-corrected chi connectivity index (χ4v) is 2.33. The van der Waals surface area contributed by atoms with Crippen LogP contribution in [0.25, 0.3) is 0 Å². The normalized spacial score (nSPS) is 11.7. The molecular formula is C18H24N4O2. The third-order valence-corrected chi connectivity index (χ3v) is 3.72. The molecule has 1 aromatic heterocycles. The molecule has 0 aliphatic heterocycles. The number of amides is 1. The van der Waals surface area contributed by atoms with E-state index in [0.717, 1.165) is 29.1 Å². The third kappa shape index (κ3) is 4.94. The fraction of sp³-hybridized carbons (Fsp3) is 0.389. The Morgan fingerprint density at radius 3 is 2.54 bits per heavy atom. The summed E-state index contributed by atoms with van der Waals surface area (Å²) in [5, 5.41) is 0. The standard InChI is InChI=1S/C18H24N4O2/c1-5-12(2)15-8-6-7-9-16(15)24-11-17(23)21-22-18-19-13(3)10-14(4)20-18/h6-10,12H,5,11H2,1-4H3,(H,21,23)(H,19,20,22)/t12-/m1/s1. The molecule has 1 aromatic carbocycles. The Kier molecular flexibility index (Phi) is 6.12. The van der Waals surface area contributed by atoms with Crippen molar-refractivity contribution in [3.63, 3.8) is 0 Å². The molecule has 1 atom stereocenters. The lowest BCUT2D eigenvalue weighted by molar-refractivity contribution is -0.122. The zero-order chi connectivity index (χ0) is 17.5. The molecule has 1 amide bonds. The van der Waals surface area contributed by atoms with Crippen molar-refractivity contribution in [2.45, 2.75) is 40.0 Å². The van der Waals surface area contributed by atoms with E-state index in [0.29, 0.717) is 11.9 Å². The number of rotatable bonds is 7. The van der Waals surface area contributed by atoms with Crippen LogP contribution in [-0.4, -0.2) is 22.5 Å². The topological polar surface area (TPSA) is 76.1 Å². The lowest BCUT2D eigenvalue weighted by atomic mass is 9.98. The van der Waals surface area contributed by atoms with Crippen molar-refractivity contribution in [2.24, 2.45) is 0 Å². The van der Waals surface area contributed by atoms with Gasteiger partial charge in [0.1, 0.15) is 5.75 Å². The van der Waals surface area contributed by atoms with Gasteiger partial charge in [0, 0.05) is 11.4 Å². The van der Waals surface area contributed by atoms with Crippen LogP contribution in [0.1, 0.15) is 43.1 Å². The molecule has 2 rings (SSSR count). The minimum absolute atomic E-state index is 0.0781. The van der Waals surface area contributed by atoms with Gasteiger partial charge in [0.25, 0.3) is 5.91 Å². The molecular weight excluding hydrogens is 304 g/mol. The van der Waals surface area contributed by atoms with E-state index >= 15 is 0 Å². The number of nitrogens with one attached hydrogen (secondary N) is 2.